The molecule has 4 rings (SSSR count). The van der Waals surface area contributed by atoms with Gasteiger partial charge in [0, 0.05) is 10.4 Å². The average Bonchev–Trinajstić information content (AvgIpc) is 3.28. The Morgan fingerprint density at radius 2 is 2.00 bits per heavy atom. The molecule has 2 aromatic carbocycles. The molecule has 0 radical (unpaired) electrons. The molecule has 160 valence electrons. The minimum Gasteiger partial charge on any atom is -0.397 e. The van der Waals surface area contributed by atoms with E-state index >= 15 is 0 Å². The van der Waals surface area contributed by atoms with E-state index in [1.807, 2.05) is 54.8 Å². The highest BCUT2D eigenvalue weighted by atomic mass is 32.1. The number of hydrogen-bond acceptors (Lipinski definition) is 5. The summed E-state index contributed by atoms with van der Waals surface area (Å²) in [7, 11) is -1.66. The minimum absolute atomic E-state index is 0.174. The van der Waals surface area contributed by atoms with Gasteiger partial charge in [-0.2, -0.15) is 0 Å². The first-order valence-electron chi connectivity index (χ1n) is 10.5. The second-order valence-corrected chi connectivity index (χ2v) is 10.2. The first-order valence-corrected chi connectivity index (χ1v) is 12.8. The van der Waals surface area contributed by atoms with Crippen LogP contribution in [0.3, 0.4) is 0 Å². The van der Waals surface area contributed by atoms with Gasteiger partial charge in [0.1, 0.15) is 6.10 Å². The molecule has 2 atom stereocenters. The zero-order chi connectivity index (χ0) is 21.8. The largest absolute Gasteiger partial charge is 0.508 e. The van der Waals surface area contributed by atoms with Crippen LogP contribution in [-0.4, -0.2) is 12.1 Å². The van der Waals surface area contributed by atoms with Crippen molar-refractivity contribution in [3.8, 4) is 10.4 Å². The van der Waals surface area contributed by atoms with Crippen molar-refractivity contribution in [1.82, 2.24) is 0 Å². The van der Waals surface area contributed by atoms with E-state index in [0.29, 0.717) is 29.0 Å². The molecule has 0 bridgehead atoms. The fourth-order valence-corrected chi connectivity index (χ4v) is 5.06. The fourth-order valence-electron chi connectivity index (χ4n) is 3.64. The molecule has 0 saturated heterocycles. The molecule has 1 saturated carbocycles. The zero-order valence-corrected chi connectivity index (χ0v) is 19.1. The van der Waals surface area contributed by atoms with Crippen LogP contribution in [0.25, 0.3) is 10.4 Å². The monoisotopic (exact) mass is 453 g/mol. The summed E-state index contributed by atoms with van der Waals surface area (Å²) in [6.07, 6.45) is 3.68. The maximum absolute atomic E-state index is 12.8. The van der Waals surface area contributed by atoms with Crippen molar-refractivity contribution in [3.05, 3.63) is 71.1 Å². The van der Waals surface area contributed by atoms with Gasteiger partial charge in [0.25, 0.3) is 5.91 Å². The minimum atomic E-state index is -1.66. The van der Waals surface area contributed by atoms with Gasteiger partial charge in [-0.05, 0) is 77.1 Å². The van der Waals surface area contributed by atoms with Crippen LogP contribution in [-0.2, 0) is 9.09 Å². The molecule has 3 aromatic rings. The number of nitrogen functional groups attached to an aromatic ring is 1. The van der Waals surface area contributed by atoms with Gasteiger partial charge in [0.05, 0.1) is 11.4 Å². The third-order valence-electron chi connectivity index (χ3n) is 5.68. The van der Waals surface area contributed by atoms with Crippen LogP contribution in [0.2, 0.25) is 0 Å². The topological polar surface area (TPSA) is 81.4 Å². The number of amides is 1. The van der Waals surface area contributed by atoms with E-state index in [1.54, 1.807) is 23.5 Å². The Bertz CT molecular complexity index is 1060. The van der Waals surface area contributed by atoms with Crippen molar-refractivity contribution in [2.45, 2.75) is 32.3 Å². The molecule has 5 nitrogen and oxygen atoms in total. The first kappa shape index (κ1) is 21.7. The Labute approximate surface area is 187 Å². The number of rotatable bonds is 8. The van der Waals surface area contributed by atoms with Crippen LogP contribution in [0.4, 0.5) is 11.4 Å². The molecule has 0 aliphatic heterocycles. The van der Waals surface area contributed by atoms with Crippen molar-refractivity contribution in [1.29, 1.82) is 0 Å². The average molecular weight is 454 g/mol. The molecule has 7 heteroatoms. The van der Waals surface area contributed by atoms with Crippen LogP contribution >= 0.6 is 19.4 Å². The Morgan fingerprint density at radius 3 is 2.61 bits per heavy atom. The van der Waals surface area contributed by atoms with Crippen LogP contribution < -0.4 is 11.1 Å². The number of benzene rings is 2. The molecule has 1 aromatic heterocycles. The third kappa shape index (κ3) is 5.04. The van der Waals surface area contributed by atoms with E-state index in [4.69, 9.17) is 10.3 Å². The summed E-state index contributed by atoms with van der Waals surface area (Å²) in [5.74, 6) is 0.173. The fraction of sp³-hybridized carbons (Fsp3) is 0.292. The quantitative estimate of drug-likeness (QED) is 0.288. The Hall–Kier alpha value is -2.53. The predicted octanol–water partition coefficient (Wildman–Crippen LogP) is 6.87. The predicted molar refractivity (Wildman–Crippen MR) is 128 cm³/mol. The van der Waals surface area contributed by atoms with Gasteiger partial charge in [0.15, 0.2) is 6.16 Å². The Morgan fingerprint density at radius 1 is 1.23 bits per heavy atom. The highest BCUT2D eigenvalue weighted by Gasteiger charge is 2.35. The number of carbonyl (C=O) groups excluding carboxylic acids is 1. The maximum atomic E-state index is 12.8. The van der Waals surface area contributed by atoms with Crippen molar-refractivity contribution in [2.24, 2.45) is 5.92 Å². The number of nitrogens with two attached hydrogens (primary N) is 1. The van der Waals surface area contributed by atoms with Crippen molar-refractivity contribution in [3.63, 3.8) is 0 Å². The number of hydrogen-bond donors (Lipinski definition) is 2. The van der Waals surface area contributed by atoms with E-state index in [2.05, 4.69) is 5.32 Å². The second kappa shape index (κ2) is 9.73. The van der Waals surface area contributed by atoms with E-state index < -0.39 is 8.03 Å². The van der Waals surface area contributed by atoms with Crippen molar-refractivity contribution >= 4 is 36.6 Å². The van der Waals surface area contributed by atoms with Crippen LogP contribution in [0.5, 0.6) is 0 Å². The molecule has 3 N–H and O–H groups in total. The number of nitrogens with one attached hydrogen (secondary N) is 1. The molecule has 1 heterocycles. The molecular weight excluding hydrogens is 427 g/mol. The van der Waals surface area contributed by atoms with E-state index in [-0.39, 0.29) is 12.0 Å². The van der Waals surface area contributed by atoms with Gasteiger partial charge in [-0.15, -0.1) is 15.9 Å². The number of anilines is 2. The lowest BCUT2D eigenvalue weighted by Crippen LogP contribution is -2.21. The summed E-state index contributed by atoms with van der Waals surface area (Å²) in [6, 6.07) is 17.1. The molecular formula is C24H26N2O3PS+. The number of thiophene rings is 1. The summed E-state index contributed by atoms with van der Waals surface area (Å²) in [5.41, 5.74) is 9.73. The van der Waals surface area contributed by atoms with E-state index in [9.17, 15) is 9.36 Å². The standard InChI is InChI=1S/C24H25N2O3PS/c1-2-30(28)29-23(16-5-3-6-16)17-8-10-18(11-9-17)24(27)26-21-15-19(12-13-20(21)25)22-7-4-14-31-22/h4,7-16,23H,2-3,5-6,25H2,1H3/p+1. The molecule has 0 spiro atoms. The van der Waals surface area contributed by atoms with Gasteiger partial charge >= 0.3 is 8.03 Å². The van der Waals surface area contributed by atoms with Crippen LogP contribution in [0.15, 0.2) is 60.0 Å². The molecule has 1 aliphatic carbocycles. The van der Waals surface area contributed by atoms with Gasteiger partial charge in [-0.1, -0.05) is 30.7 Å². The molecule has 1 amide bonds. The summed E-state index contributed by atoms with van der Waals surface area (Å²) in [4.78, 5) is 13.9. The van der Waals surface area contributed by atoms with Crippen LogP contribution in [0.1, 0.15) is 48.2 Å². The summed E-state index contributed by atoms with van der Waals surface area (Å²) in [6.45, 7) is 1.86. The lowest BCUT2D eigenvalue weighted by molar-refractivity contribution is 0.0917. The Balaban J connectivity index is 1.49. The van der Waals surface area contributed by atoms with Gasteiger partial charge in [-0.25, -0.2) is 0 Å². The third-order valence-corrected chi connectivity index (χ3v) is 7.57. The highest BCUT2D eigenvalue weighted by molar-refractivity contribution is 7.39. The normalized spacial score (nSPS) is 15.2. The SMILES string of the molecule is CC[P+](=O)OC(c1ccc(C(=O)Nc2cc(-c3cccs3)ccc2N)cc1)C1CCC1. The van der Waals surface area contributed by atoms with E-state index in [1.165, 1.54) is 6.42 Å². The van der Waals surface area contributed by atoms with Crippen molar-refractivity contribution < 1.29 is 13.9 Å². The van der Waals surface area contributed by atoms with E-state index in [0.717, 1.165) is 28.8 Å². The lowest BCUT2D eigenvalue weighted by atomic mass is 9.79. The lowest BCUT2D eigenvalue weighted by Gasteiger charge is -2.30. The van der Waals surface area contributed by atoms with Gasteiger partial charge in [-0.3, -0.25) is 4.79 Å². The maximum Gasteiger partial charge on any atom is 0.508 e. The van der Waals surface area contributed by atoms with Gasteiger partial charge in [0.2, 0.25) is 0 Å². The molecule has 2 unspecified atom stereocenters. The zero-order valence-electron chi connectivity index (χ0n) is 17.4. The number of carbonyl (C=O) groups is 1. The van der Waals surface area contributed by atoms with Gasteiger partial charge < -0.3 is 11.1 Å². The highest BCUT2D eigenvalue weighted by Crippen LogP contribution is 2.45. The second-order valence-electron chi connectivity index (χ2n) is 7.72. The smallest absolute Gasteiger partial charge is 0.397 e. The molecule has 31 heavy (non-hydrogen) atoms. The Kier molecular flexibility index (Phi) is 6.81. The molecule has 1 fully saturated rings. The molecule has 1 aliphatic rings. The summed E-state index contributed by atoms with van der Waals surface area (Å²) >= 11 is 1.64. The van der Waals surface area contributed by atoms with Crippen LogP contribution in [0, 0.1) is 5.92 Å². The summed E-state index contributed by atoms with van der Waals surface area (Å²) in [5, 5.41) is 4.94. The van der Waals surface area contributed by atoms with Crippen molar-refractivity contribution in [2.75, 3.05) is 17.2 Å². The first-order chi connectivity index (χ1) is 15.0. The summed E-state index contributed by atoms with van der Waals surface area (Å²) < 4.78 is 17.9.